The molecule has 3 aromatic rings. The van der Waals surface area contributed by atoms with E-state index in [1.807, 2.05) is 38.1 Å². The number of hydrogen-bond acceptors (Lipinski definition) is 4. The normalized spacial score (nSPS) is 16.7. The predicted octanol–water partition coefficient (Wildman–Crippen LogP) is 4.32. The number of fused-ring (bicyclic) bond motifs is 1. The van der Waals surface area contributed by atoms with Gasteiger partial charge in [-0.25, -0.2) is 4.98 Å². The van der Waals surface area contributed by atoms with Crippen molar-refractivity contribution >= 4 is 34.3 Å². The lowest BCUT2D eigenvalue weighted by molar-refractivity contribution is -0.148. The van der Waals surface area contributed by atoms with E-state index < -0.39 is 0 Å². The number of amides is 1. The Balaban J connectivity index is 1.35. The van der Waals surface area contributed by atoms with E-state index in [0.717, 1.165) is 29.4 Å². The fourth-order valence-electron chi connectivity index (χ4n) is 4.41. The second-order valence-electron chi connectivity index (χ2n) is 9.08. The first-order chi connectivity index (χ1) is 15.9. The fourth-order valence-corrected chi connectivity index (χ4v) is 4.61. The van der Waals surface area contributed by atoms with Crippen LogP contribution in [0, 0.1) is 0 Å². The third kappa shape index (κ3) is 5.63. The van der Waals surface area contributed by atoms with E-state index in [4.69, 9.17) is 11.6 Å². The Morgan fingerprint density at radius 2 is 2.00 bits per heavy atom. The Hall–Kier alpha value is -2.70. The van der Waals surface area contributed by atoms with Crippen molar-refractivity contribution in [2.75, 3.05) is 6.54 Å². The molecule has 1 saturated heterocycles. The Kier molecular flexibility index (Phi) is 7.46. The Labute approximate surface area is 199 Å². The van der Waals surface area contributed by atoms with E-state index in [0.29, 0.717) is 30.8 Å². The van der Waals surface area contributed by atoms with E-state index in [9.17, 15) is 9.59 Å². The Morgan fingerprint density at radius 3 is 2.70 bits per heavy atom. The number of ketones is 1. The van der Waals surface area contributed by atoms with Crippen molar-refractivity contribution in [3.8, 4) is 0 Å². The summed E-state index contributed by atoms with van der Waals surface area (Å²) in [6.45, 7) is 4.73. The van der Waals surface area contributed by atoms with Crippen LogP contribution in [0.25, 0.3) is 11.0 Å². The minimum absolute atomic E-state index is 0.0337. The molecule has 174 valence electrons. The van der Waals surface area contributed by atoms with Crippen LogP contribution in [0.3, 0.4) is 0 Å². The molecule has 7 heteroatoms. The molecule has 1 fully saturated rings. The minimum Gasteiger partial charge on any atom is -0.345 e. The maximum Gasteiger partial charge on any atom is 0.240 e. The first-order valence-electron chi connectivity index (χ1n) is 11.7. The zero-order chi connectivity index (χ0) is 23.4. The lowest BCUT2D eigenvalue weighted by Gasteiger charge is -2.42. The number of nitrogens with one attached hydrogen (secondary N) is 2. The van der Waals surface area contributed by atoms with Gasteiger partial charge in [0, 0.05) is 36.8 Å². The second kappa shape index (κ2) is 10.5. The molecule has 2 aromatic heterocycles. The first-order valence-corrected chi connectivity index (χ1v) is 12.0. The molecule has 0 radical (unpaired) electrons. The average molecular weight is 467 g/mol. The fraction of sp³-hybridized carbons (Fsp3) is 0.423. The van der Waals surface area contributed by atoms with Gasteiger partial charge in [0.25, 0.3) is 0 Å². The van der Waals surface area contributed by atoms with E-state index in [-0.39, 0.29) is 29.8 Å². The summed E-state index contributed by atoms with van der Waals surface area (Å²) in [4.78, 5) is 35.4. The van der Waals surface area contributed by atoms with Crippen LogP contribution < -0.4 is 5.32 Å². The van der Waals surface area contributed by atoms with Crippen molar-refractivity contribution in [3.63, 3.8) is 0 Å². The minimum atomic E-state index is -0.321. The zero-order valence-electron chi connectivity index (χ0n) is 19.2. The van der Waals surface area contributed by atoms with Crippen molar-refractivity contribution < 1.29 is 9.59 Å². The lowest BCUT2D eigenvalue weighted by atomic mass is 9.92. The number of carbonyl (C=O) groups excluding carboxylic acids is 2. The van der Waals surface area contributed by atoms with Gasteiger partial charge in [-0.3, -0.25) is 9.59 Å². The van der Waals surface area contributed by atoms with Crippen molar-refractivity contribution in [2.45, 2.75) is 64.1 Å². The highest BCUT2D eigenvalue weighted by molar-refractivity contribution is 6.35. The number of benzene rings is 1. The highest BCUT2D eigenvalue weighted by Gasteiger charge is 2.39. The Morgan fingerprint density at radius 1 is 1.21 bits per heavy atom. The molecule has 0 spiro atoms. The summed E-state index contributed by atoms with van der Waals surface area (Å²) in [7, 11) is 0. The number of nitrogens with zero attached hydrogens (tertiary/aromatic N) is 2. The van der Waals surface area contributed by atoms with E-state index >= 15 is 0 Å². The number of aromatic nitrogens is 2. The molecule has 1 aliphatic rings. The molecular formula is C26H31ClN4O2. The molecule has 33 heavy (non-hydrogen) atoms. The summed E-state index contributed by atoms with van der Waals surface area (Å²) < 4.78 is 0. The van der Waals surface area contributed by atoms with Crippen LogP contribution >= 0.6 is 11.6 Å². The quantitative estimate of drug-likeness (QED) is 0.466. The molecule has 1 aromatic carbocycles. The van der Waals surface area contributed by atoms with Crippen LogP contribution in [-0.2, 0) is 22.4 Å². The van der Waals surface area contributed by atoms with E-state index in [1.54, 1.807) is 17.3 Å². The Bertz CT molecular complexity index is 1110. The van der Waals surface area contributed by atoms with Crippen molar-refractivity contribution in [3.05, 3.63) is 64.9 Å². The second-order valence-corrected chi connectivity index (χ2v) is 9.48. The van der Waals surface area contributed by atoms with Gasteiger partial charge in [-0.2, -0.15) is 0 Å². The topological polar surface area (TPSA) is 78.1 Å². The van der Waals surface area contributed by atoms with E-state index in [1.165, 1.54) is 5.56 Å². The molecule has 1 amide bonds. The van der Waals surface area contributed by atoms with Gasteiger partial charge >= 0.3 is 0 Å². The number of Topliss-reactive ketones (excluding diaryl/α,β-unsaturated/α-hetero) is 1. The lowest BCUT2D eigenvalue weighted by Crippen LogP contribution is -2.60. The SMILES string of the molecule is CC(C)N[C@H](CCc1ccccc1)C(=O)N1CC[C@H]1C(=O)CCc1cnc2[nH]cc(Cl)c2c1. The predicted molar refractivity (Wildman–Crippen MR) is 131 cm³/mol. The van der Waals surface area contributed by atoms with Crippen LogP contribution in [0.4, 0.5) is 0 Å². The van der Waals surface area contributed by atoms with Gasteiger partial charge in [-0.15, -0.1) is 0 Å². The summed E-state index contributed by atoms with van der Waals surface area (Å²) in [5.74, 6) is 0.146. The molecule has 2 N–H and O–H groups in total. The van der Waals surface area contributed by atoms with Crippen LogP contribution in [0.5, 0.6) is 0 Å². The molecule has 1 aliphatic heterocycles. The monoisotopic (exact) mass is 466 g/mol. The number of hydrogen-bond donors (Lipinski definition) is 2. The van der Waals surface area contributed by atoms with Crippen molar-refractivity contribution in [1.82, 2.24) is 20.2 Å². The molecule has 3 heterocycles. The number of pyridine rings is 1. The standard InChI is InChI=1S/C26H31ClN4O2/c1-17(2)30-22(10-8-18-6-4-3-5-7-18)26(33)31-13-12-23(31)24(32)11-9-19-14-20-21(27)16-29-25(20)28-15-19/h3-7,14-17,22-23,30H,8-13H2,1-2H3,(H,28,29)/t22-,23+/m1/s1. The van der Waals surface area contributed by atoms with Gasteiger partial charge in [0.1, 0.15) is 5.65 Å². The summed E-state index contributed by atoms with van der Waals surface area (Å²) in [5, 5.41) is 4.90. The molecule has 0 aliphatic carbocycles. The number of halogens is 1. The van der Waals surface area contributed by atoms with Gasteiger partial charge < -0.3 is 15.2 Å². The smallest absolute Gasteiger partial charge is 0.240 e. The number of rotatable bonds is 10. The van der Waals surface area contributed by atoms with E-state index in [2.05, 4.69) is 27.4 Å². The van der Waals surface area contributed by atoms with Crippen LogP contribution in [0.15, 0.2) is 48.8 Å². The van der Waals surface area contributed by atoms with Gasteiger partial charge in [-0.05, 0) is 42.9 Å². The van der Waals surface area contributed by atoms with Gasteiger partial charge in [-0.1, -0.05) is 55.8 Å². The number of carbonyl (C=O) groups is 2. The van der Waals surface area contributed by atoms with Crippen LogP contribution in [-0.4, -0.2) is 51.2 Å². The third-order valence-electron chi connectivity index (χ3n) is 6.27. The molecule has 2 atom stereocenters. The summed E-state index contributed by atoms with van der Waals surface area (Å²) in [6.07, 6.45) is 6.73. The van der Waals surface area contributed by atoms with Crippen LogP contribution in [0.2, 0.25) is 5.02 Å². The highest BCUT2D eigenvalue weighted by Crippen LogP contribution is 2.25. The summed E-state index contributed by atoms with van der Waals surface area (Å²) in [6, 6.07) is 11.8. The zero-order valence-corrected chi connectivity index (χ0v) is 19.9. The summed E-state index contributed by atoms with van der Waals surface area (Å²) >= 11 is 6.19. The third-order valence-corrected chi connectivity index (χ3v) is 6.58. The molecule has 0 unspecified atom stereocenters. The number of aryl methyl sites for hydroxylation is 2. The van der Waals surface area contributed by atoms with Gasteiger partial charge in [0.05, 0.1) is 17.1 Å². The number of H-pyrrole nitrogens is 1. The maximum absolute atomic E-state index is 13.3. The largest absolute Gasteiger partial charge is 0.345 e. The van der Waals surface area contributed by atoms with Gasteiger partial charge in [0.2, 0.25) is 5.91 Å². The highest BCUT2D eigenvalue weighted by atomic mass is 35.5. The molecular weight excluding hydrogens is 436 g/mol. The number of aromatic amines is 1. The molecule has 0 saturated carbocycles. The molecule has 6 nitrogen and oxygen atoms in total. The molecule has 0 bridgehead atoms. The van der Waals surface area contributed by atoms with Crippen molar-refractivity contribution in [1.29, 1.82) is 0 Å². The number of likely N-dealkylation sites (tertiary alicyclic amines) is 1. The van der Waals surface area contributed by atoms with Gasteiger partial charge in [0.15, 0.2) is 5.78 Å². The van der Waals surface area contributed by atoms with Crippen molar-refractivity contribution in [2.24, 2.45) is 0 Å². The van der Waals surface area contributed by atoms with Crippen LogP contribution in [0.1, 0.15) is 44.2 Å². The summed E-state index contributed by atoms with van der Waals surface area (Å²) in [5.41, 5.74) is 2.92. The first kappa shape index (κ1) is 23.5. The molecule has 4 rings (SSSR count). The maximum atomic E-state index is 13.3. The average Bonchev–Trinajstić information content (AvgIpc) is 3.15.